The Morgan fingerprint density at radius 1 is 0.783 bits per heavy atom. The molecule has 0 amide bonds. The van der Waals surface area contributed by atoms with Gasteiger partial charge in [-0.25, -0.2) is 0 Å². The summed E-state index contributed by atoms with van der Waals surface area (Å²) < 4.78 is 68.6. The lowest BCUT2D eigenvalue weighted by molar-refractivity contribution is -0.146. The maximum absolute atomic E-state index is 11.4. The summed E-state index contributed by atoms with van der Waals surface area (Å²) in [6.45, 7) is 0. The van der Waals surface area contributed by atoms with Gasteiger partial charge >= 0.3 is 24.3 Å². The Kier molecular flexibility index (Phi) is 12.7. The van der Waals surface area contributed by atoms with Crippen molar-refractivity contribution >= 4 is 11.9 Å². The summed E-state index contributed by atoms with van der Waals surface area (Å²) in [7, 11) is 0. The summed E-state index contributed by atoms with van der Waals surface area (Å²) in [5, 5.41) is 16.2. The van der Waals surface area contributed by atoms with Crippen molar-refractivity contribution in [2.45, 2.75) is 57.5 Å². The highest BCUT2D eigenvalue weighted by atomic mass is 19.4. The van der Waals surface area contributed by atoms with Crippen LogP contribution in [-0.2, 0) is 9.59 Å². The third-order valence-electron chi connectivity index (χ3n) is 2.11. The summed E-state index contributed by atoms with van der Waals surface area (Å²) in [4.78, 5) is 19.8. The van der Waals surface area contributed by atoms with Crippen molar-refractivity contribution in [1.29, 1.82) is 0 Å². The molecule has 6 nitrogen and oxygen atoms in total. The van der Waals surface area contributed by atoms with Crippen LogP contribution in [0.4, 0.5) is 26.3 Å². The first-order valence-corrected chi connectivity index (χ1v) is 5.76. The van der Waals surface area contributed by atoms with E-state index in [0.717, 1.165) is 0 Å². The summed E-state index contributed by atoms with van der Waals surface area (Å²) in [5.74, 6) is -2.82. The molecule has 0 aromatic carbocycles. The summed E-state index contributed by atoms with van der Waals surface area (Å²) >= 11 is 0. The van der Waals surface area contributed by atoms with Gasteiger partial charge in [0.2, 0.25) is 0 Å². The smallest absolute Gasteiger partial charge is 0.389 e. The average Bonchev–Trinajstić information content (AvgIpc) is 2.31. The zero-order valence-corrected chi connectivity index (χ0v) is 11.1. The second-order valence-corrected chi connectivity index (χ2v) is 4.20. The monoisotopic (exact) mass is 358 g/mol. The minimum Gasteiger partial charge on any atom is -0.480 e. The molecular weight excluding hydrogens is 338 g/mol. The maximum atomic E-state index is 11.4. The van der Waals surface area contributed by atoms with Gasteiger partial charge in [-0.2, -0.15) is 26.3 Å². The van der Waals surface area contributed by atoms with E-state index < -0.39 is 62.1 Å². The number of halogens is 6. The number of nitrogens with two attached hydrogens (primary N) is 2. The summed E-state index contributed by atoms with van der Waals surface area (Å²) in [6.07, 6.45) is -12.1. The molecule has 0 rings (SSSR count). The van der Waals surface area contributed by atoms with E-state index >= 15 is 0 Å². The highest BCUT2D eigenvalue weighted by molar-refractivity contribution is 5.73. The van der Waals surface area contributed by atoms with Crippen LogP contribution in [0, 0.1) is 0 Å². The zero-order chi connectivity index (χ0) is 18.1. The number of hydrogen-bond acceptors (Lipinski definition) is 4. The quantitative estimate of drug-likeness (QED) is 0.539. The molecule has 0 aliphatic carbocycles. The van der Waals surface area contributed by atoms with E-state index in [1.54, 1.807) is 0 Å². The van der Waals surface area contributed by atoms with Gasteiger partial charge in [-0.1, -0.05) is 7.43 Å². The molecule has 0 fully saturated rings. The molecule has 140 valence electrons. The van der Waals surface area contributed by atoms with Crippen molar-refractivity contribution < 1.29 is 46.1 Å². The highest BCUT2D eigenvalue weighted by Gasteiger charge is 2.29. The van der Waals surface area contributed by atoms with Gasteiger partial charge in [-0.05, 0) is 12.8 Å². The fraction of sp³-hybridized carbons (Fsp3) is 0.818. The van der Waals surface area contributed by atoms with Gasteiger partial charge in [-0.15, -0.1) is 0 Å². The Morgan fingerprint density at radius 3 is 1.13 bits per heavy atom. The van der Waals surface area contributed by atoms with Gasteiger partial charge in [0.05, 0.1) is 0 Å². The van der Waals surface area contributed by atoms with Crippen LogP contribution in [-0.4, -0.2) is 46.6 Å². The van der Waals surface area contributed by atoms with E-state index in [1.807, 2.05) is 0 Å². The molecule has 0 saturated carbocycles. The van der Waals surface area contributed by atoms with Crippen LogP contribution in [0.1, 0.15) is 33.1 Å². The van der Waals surface area contributed by atoms with Crippen LogP contribution in [0.5, 0.6) is 0 Å². The summed E-state index contributed by atoms with van der Waals surface area (Å²) in [6, 6.07) is -2.84. The first kappa shape index (κ1) is 26.3. The van der Waals surface area contributed by atoms with Crippen LogP contribution in [0.15, 0.2) is 0 Å². The van der Waals surface area contributed by atoms with Crippen LogP contribution < -0.4 is 11.5 Å². The molecule has 0 aromatic rings. The molecule has 6 N–H and O–H groups in total. The largest absolute Gasteiger partial charge is 0.480 e. The first-order valence-electron chi connectivity index (χ1n) is 5.76. The fourth-order valence-electron chi connectivity index (χ4n) is 0.885. The maximum Gasteiger partial charge on any atom is 0.389 e. The molecular formula is C11H20F6N2O4. The number of hydrogen-bond donors (Lipinski definition) is 4. The predicted octanol–water partition coefficient (Wildman–Crippen LogP) is 2.12. The Labute approximate surface area is 128 Å². The Bertz CT molecular complexity index is 325. The number of carboxylic acid groups (broad SMARTS) is 2. The van der Waals surface area contributed by atoms with E-state index in [2.05, 4.69) is 0 Å². The Morgan fingerprint density at radius 2 is 1.00 bits per heavy atom. The number of carbonyl (C=O) groups is 2. The molecule has 2 atom stereocenters. The van der Waals surface area contributed by atoms with Gasteiger partial charge in [0.25, 0.3) is 0 Å². The molecule has 23 heavy (non-hydrogen) atoms. The molecule has 0 aromatic heterocycles. The molecule has 0 heterocycles. The van der Waals surface area contributed by atoms with Crippen LogP contribution in [0.2, 0.25) is 0 Å². The van der Waals surface area contributed by atoms with Crippen LogP contribution in [0.3, 0.4) is 0 Å². The van der Waals surface area contributed by atoms with Gasteiger partial charge in [-0.3, -0.25) is 9.59 Å². The van der Waals surface area contributed by atoms with Gasteiger partial charge in [0.1, 0.15) is 12.1 Å². The Hall–Kier alpha value is -1.56. The van der Waals surface area contributed by atoms with Crippen molar-refractivity contribution in [3.05, 3.63) is 0 Å². The van der Waals surface area contributed by atoms with Crippen molar-refractivity contribution in [3.8, 4) is 0 Å². The van der Waals surface area contributed by atoms with Gasteiger partial charge < -0.3 is 21.7 Å². The van der Waals surface area contributed by atoms with E-state index in [9.17, 15) is 35.9 Å². The predicted molar refractivity (Wildman–Crippen MR) is 68.5 cm³/mol. The minimum atomic E-state index is -4.33. The standard InChI is InChI=1S/2C5H8F3NO2.CH4/c2*6-5(7,8)2-1-3(9)4(10)11;/h2*3H,1-2,9H2,(H,10,11);1H4/t2*3-;/m10./s1. The van der Waals surface area contributed by atoms with Gasteiger partial charge in [0.15, 0.2) is 0 Å². The molecule has 12 heteroatoms. The third-order valence-corrected chi connectivity index (χ3v) is 2.11. The van der Waals surface area contributed by atoms with Crippen LogP contribution >= 0.6 is 0 Å². The molecule has 0 aliphatic rings. The average molecular weight is 358 g/mol. The van der Waals surface area contributed by atoms with Crippen molar-refractivity contribution in [1.82, 2.24) is 0 Å². The normalized spacial score (nSPS) is 13.9. The van der Waals surface area contributed by atoms with E-state index in [1.165, 1.54) is 0 Å². The van der Waals surface area contributed by atoms with Crippen LogP contribution in [0.25, 0.3) is 0 Å². The van der Waals surface area contributed by atoms with Gasteiger partial charge in [0, 0.05) is 12.8 Å². The lowest BCUT2D eigenvalue weighted by atomic mass is 10.2. The number of carboxylic acids is 2. The highest BCUT2D eigenvalue weighted by Crippen LogP contribution is 2.22. The van der Waals surface area contributed by atoms with E-state index in [-0.39, 0.29) is 7.43 Å². The van der Waals surface area contributed by atoms with Crippen molar-refractivity contribution in [3.63, 3.8) is 0 Å². The topological polar surface area (TPSA) is 127 Å². The molecule has 0 spiro atoms. The summed E-state index contributed by atoms with van der Waals surface area (Å²) in [5.41, 5.74) is 9.65. The second-order valence-electron chi connectivity index (χ2n) is 4.20. The third kappa shape index (κ3) is 20.4. The minimum absolute atomic E-state index is 0. The Balaban J connectivity index is -0.000000333. The molecule has 0 unspecified atom stereocenters. The zero-order valence-electron chi connectivity index (χ0n) is 11.1. The second kappa shape index (κ2) is 11.0. The fourth-order valence-corrected chi connectivity index (χ4v) is 0.885. The molecule has 0 bridgehead atoms. The first-order chi connectivity index (χ1) is 9.65. The van der Waals surface area contributed by atoms with E-state index in [4.69, 9.17) is 21.7 Å². The number of rotatable bonds is 6. The van der Waals surface area contributed by atoms with E-state index in [0.29, 0.717) is 0 Å². The molecule has 0 aliphatic heterocycles. The lowest BCUT2D eigenvalue weighted by Crippen LogP contribution is -2.31. The number of aliphatic carboxylic acids is 2. The lowest BCUT2D eigenvalue weighted by Gasteiger charge is -2.08. The molecule has 0 radical (unpaired) electrons. The van der Waals surface area contributed by atoms with Crippen molar-refractivity contribution in [2.24, 2.45) is 11.5 Å². The van der Waals surface area contributed by atoms with Crippen molar-refractivity contribution in [2.75, 3.05) is 0 Å². The number of alkyl halides is 6. The molecule has 0 saturated heterocycles. The SMILES string of the molecule is C.N[C@@H](CCC(F)(F)F)C(=O)O.N[C@H](CCC(F)(F)F)C(=O)O.